The SMILES string of the molecule is COC(=O)C(OC(C)(C)C)c1c(C)nc(-c2ccc(C)c(C)c2)c(C)c1-c1ccc2c(c1)NCCO2. The van der Waals surface area contributed by atoms with Crippen molar-refractivity contribution in [1.29, 1.82) is 0 Å². The Hall–Kier alpha value is -3.38. The highest BCUT2D eigenvalue weighted by molar-refractivity contribution is 5.87. The Morgan fingerprint density at radius 2 is 1.75 bits per heavy atom. The van der Waals surface area contributed by atoms with Crippen molar-refractivity contribution in [1.82, 2.24) is 4.98 Å². The quantitative estimate of drug-likeness (QED) is 0.414. The molecule has 2 aromatic carbocycles. The molecule has 1 N–H and O–H groups in total. The fourth-order valence-electron chi connectivity index (χ4n) is 4.66. The van der Waals surface area contributed by atoms with Gasteiger partial charge in [-0.15, -0.1) is 0 Å². The lowest BCUT2D eigenvalue weighted by Crippen LogP contribution is -2.29. The summed E-state index contributed by atoms with van der Waals surface area (Å²) in [6.45, 7) is 15.4. The molecule has 0 radical (unpaired) electrons. The highest BCUT2D eigenvalue weighted by Gasteiger charge is 2.34. The first kappa shape index (κ1) is 25.7. The Bertz CT molecular complexity index is 1310. The molecule has 0 aliphatic carbocycles. The third-order valence-electron chi connectivity index (χ3n) is 6.54. The van der Waals surface area contributed by atoms with Gasteiger partial charge in [-0.3, -0.25) is 4.98 Å². The van der Waals surface area contributed by atoms with E-state index in [0.29, 0.717) is 6.61 Å². The standard InChI is InChI=1S/C30H36N2O4/c1-17-9-10-22(15-18(17)2)27-19(3)25(21-11-12-24-23(16-21)31-13-14-35-24)26(20(4)32-27)28(29(33)34-8)36-30(5,6)7/h9-12,15-16,28,31H,13-14H2,1-8H3. The molecule has 6 heteroatoms. The van der Waals surface area contributed by atoms with Crippen LogP contribution in [-0.2, 0) is 14.3 Å². The van der Waals surface area contributed by atoms with Gasteiger partial charge < -0.3 is 19.5 Å². The minimum Gasteiger partial charge on any atom is -0.490 e. The smallest absolute Gasteiger partial charge is 0.339 e. The number of nitrogens with one attached hydrogen (secondary N) is 1. The number of carbonyl (C=O) groups excluding carboxylic acids is 1. The average molecular weight is 489 g/mol. The maximum atomic E-state index is 13.1. The van der Waals surface area contributed by atoms with Gasteiger partial charge in [0.25, 0.3) is 0 Å². The third-order valence-corrected chi connectivity index (χ3v) is 6.54. The molecule has 1 aliphatic heterocycles. The Kier molecular flexibility index (Phi) is 7.10. The van der Waals surface area contributed by atoms with E-state index >= 15 is 0 Å². The molecule has 4 rings (SSSR count). The molecule has 190 valence electrons. The van der Waals surface area contributed by atoms with Gasteiger partial charge >= 0.3 is 5.97 Å². The third kappa shape index (κ3) is 5.09. The van der Waals surface area contributed by atoms with Gasteiger partial charge in [-0.25, -0.2) is 4.79 Å². The van der Waals surface area contributed by atoms with Crippen molar-refractivity contribution in [2.75, 3.05) is 25.6 Å². The number of ether oxygens (including phenoxy) is 3. The molecule has 0 amide bonds. The Labute approximate surface area is 214 Å². The average Bonchev–Trinajstić information content (AvgIpc) is 2.84. The molecule has 1 atom stereocenters. The molecule has 36 heavy (non-hydrogen) atoms. The highest BCUT2D eigenvalue weighted by Crippen LogP contribution is 2.43. The number of esters is 1. The molecule has 0 bridgehead atoms. The van der Waals surface area contributed by atoms with Gasteiger partial charge in [0.05, 0.1) is 24.1 Å². The van der Waals surface area contributed by atoms with Crippen molar-refractivity contribution in [2.24, 2.45) is 0 Å². The van der Waals surface area contributed by atoms with E-state index in [9.17, 15) is 4.79 Å². The maximum Gasteiger partial charge on any atom is 0.339 e. The lowest BCUT2D eigenvalue weighted by molar-refractivity contribution is -0.164. The monoisotopic (exact) mass is 488 g/mol. The number of hydrogen-bond acceptors (Lipinski definition) is 6. The van der Waals surface area contributed by atoms with Crippen LogP contribution in [0.25, 0.3) is 22.4 Å². The van der Waals surface area contributed by atoms with E-state index in [-0.39, 0.29) is 0 Å². The normalized spacial score (nSPS) is 13.9. The van der Waals surface area contributed by atoms with Crippen LogP contribution in [-0.4, -0.2) is 36.8 Å². The summed E-state index contributed by atoms with van der Waals surface area (Å²) in [6.07, 6.45) is -0.926. The van der Waals surface area contributed by atoms with Crippen LogP contribution in [0, 0.1) is 27.7 Å². The first-order valence-electron chi connectivity index (χ1n) is 12.4. The van der Waals surface area contributed by atoms with E-state index in [1.807, 2.05) is 39.8 Å². The minimum atomic E-state index is -0.926. The Morgan fingerprint density at radius 1 is 1.03 bits per heavy atom. The van der Waals surface area contributed by atoms with Crippen LogP contribution in [0.2, 0.25) is 0 Å². The maximum absolute atomic E-state index is 13.1. The van der Waals surface area contributed by atoms with Crippen molar-refractivity contribution in [3.05, 3.63) is 64.3 Å². The molecule has 0 spiro atoms. The summed E-state index contributed by atoms with van der Waals surface area (Å²) in [5, 5.41) is 3.42. The van der Waals surface area contributed by atoms with Gasteiger partial charge in [0.15, 0.2) is 6.10 Å². The van der Waals surface area contributed by atoms with Crippen molar-refractivity contribution in [3.8, 4) is 28.1 Å². The van der Waals surface area contributed by atoms with E-state index in [4.69, 9.17) is 19.2 Å². The number of rotatable bonds is 5. The number of aromatic nitrogens is 1. The van der Waals surface area contributed by atoms with E-state index in [1.54, 1.807) is 0 Å². The summed E-state index contributed by atoms with van der Waals surface area (Å²) in [7, 11) is 1.39. The van der Waals surface area contributed by atoms with E-state index < -0.39 is 17.7 Å². The zero-order chi connectivity index (χ0) is 26.2. The second-order valence-corrected chi connectivity index (χ2v) is 10.4. The van der Waals surface area contributed by atoms with Crippen LogP contribution in [0.1, 0.15) is 54.8 Å². The molecule has 1 aliphatic rings. The number of carbonyl (C=O) groups is 1. The van der Waals surface area contributed by atoms with Gasteiger partial charge in [-0.05, 0) is 94.5 Å². The van der Waals surface area contributed by atoms with Crippen LogP contribution in [0.5, 0.6) is 5.75 Å². The molecule has 6 nitrogen and oxygen atoms in total. The van der Waals surface area contributed by atoms with Crippen LogP contribution >= 0.6 is 0 Å². The predicted octanol–water partition coefficient (Wildman–Crippen LogP) is 6.48. The molecule has 3 aromatic rings. The van der Waals surface area contributed by atoms with Crippen molar-refractivity contribution in [3.63, 3.8) is 0 Å². The summed E-state index contributed by atoms with van der Waals surface area (Å²) < 4.78 is 17.3. The van der Waals surface area contributed by atoms with Gasteiger partial charge in [-0.2, -0.15) is 0 Å². The zero-order valence-electron chi connectivity index (χ0n) is 22.5. The highest BCUT2D eigenvalue weighted by atomic mass is 16.6. The summed E-state index contributed by atoms with van der Waals surface area (Å²) in [5.74, 6) is 0.369. The summed E-state index contributed by atoms with van der Waals surface area (Å²) in [5.41, 5.74) is 9.02. The lowest BCUT2D eigenvalue weighted by Gasteiger charge is -2.30. The second kappa shape index (κ2) is 9.94. The summed E-state index contributed by atoms with van der Waals surface area (Å²) in [6, 6.07) is 12.5. The number of fused-ring (bicyclic) bond motifs is 1. The minimum absolute atomic E-state index is 0.450. The van der Waals surface area contributed by atoms with E-state index in [1.165, 1.54) is 18.2 Å². The summed E-state index contributed by atoms with van der Waals surface area (Å²) >= 11 is 0. The van der Waals surface area contributed by atoms with E-state index in [0.717, 1.165) is 57.2 Å². The van der Waals surface area contributed by atoms with Gasteiger partial charge in [0.1, 0.15) is 12.4 Å². The fraction of sp³-hybridized carbons (Fsp3) is 0.400. The first-order chi connectivity index (χ1) is 17.0. The van der Waals surface area contributed by atoms with Crippen LogP contribution in [0.15, 0.2) is 36.4 Å². The molecule has 0 fully saturated rings. The second-order valence-electron chi connectivity index (χ2n) is 10.4. The molecular formula is C30H36N2O4. The lowest BCUT2D eigenvalue weighted by atomic mass is 9.88. The fourth-order valence-corrected chi connectivity index (χ4v) is 4.66. The van der Waals surface area contributed by atoms with Crippen LogP contribution in [0.4, 0.5) is 5.69 Å². The summed E-state index contributed by atoms with van der Waals surface area (Å²) in [4.78, 5) is 18.1. The number of aryl methyl sites for hydroxylation is 3. The van der Waals surface area contributed by atoms with Crippen LogP contribution in [0.3, 0.4) is 0 Å². The number of benzene rings is 2. The molecule has 1 unspecified atom stereocenters. The molecular weight excluding hydrogens is 452 g/mol. The molecule has 0 saturated carbocycles. The van der Waals surface area contributed by atoms with Crippen molar-refractivity contribution < 1.29 is 19.0 Å². The van der Waals surface area contributed by atoms with Gasteiger partial charge in [-0.1, -0.05) is 18.2 Å². The Balaban J connectivity index is 2.02. The van der Waals surface area contributed by atoms with Crippen molar-refractivity contribution in [2.45, 2.75) is 60.2 Å². The topological polar surface area (TPSA) is 69.7 Å². The van der Waals surface area contributed by atoms with Gasteiger partial charge in [0, 0.05) is 23.4 Å². The molecule has 2 heterocycles. The number of pyridine rings is 1. The zero-order valence-corrected chi connectivity index (χ0v) is 22.5. The number of hydrogen-bond donors (Lipinski definition) is 1. The number of methoxy groups -OCH3 is 1. The molecule has 1 aromatic heterocycles. The number of anilines is 1. The largest absolute Gasteiger partial charge is 0.490 e. The Morgan fingerprint density at radius 3 is 2.42 bits per heavy atom. The first-order valence-corrected chi connectivity index (χ1v) is 12.4. The van der Waals surface area contributed by atoms with Crippen LogP contribution < -0.4 is 10.1 Å². The molecule has 0 saturated heterocycles. The van der Waals surface area contributed by atoms with Gasteiger partial charge in [0.2, 0.25) is 0 Å². The van der Waals surface area contributed by atoms with E-state index in [2.05, 4.69) is 50.4 Å². The van der Waals surface area contributed by atoms with Crippen molar-refractivity contribution >= 4 is 11.7 Å². The predicted molar refractivity (Wildman–Crippen MR) is 144 cm³/mol. The number of nitrogens with zero attached hydrogens (tertiary/aromatic N) is 1.